The van der Waals surface area contributed by atoms with Crippen molar-refractivity contribution in [2.45, 2.75) is 6.92 Å². The number of esters is 1. The number of azide groups is 1. The minimum atomic E-state index is -0.628. The summed E-state index contributed by atoms with van der Waals surface area (Å²) in [4.78, 5) is 14.4. The van der Waals surface area contributed by atoms with Crippen LogP contribution in [-0.2, 0) is 9.53 Å². The molecule has 0 saturated carbocycles. The maximum atomic E-state index is 11.7. The van der Waals surface area contributed by atoms with Crippen LogP contribution >= 0.6 is 27.3 Å². The van der Waals surface area contributed by atoms with Crippen LogP contribution in [0.25, 0.3) is 26.6 Å². The predicted molar refractivity (Wildman–Crippen MR) is 83.3 cm³/mol. The van der Waals surface area contributed by atoms with Gasteiger partial charge in [0, 0.05) is 19.5 Å². The van der Waals surface area contributed by atoms with Crippen molar-refractivity contribution in [2.24, 2.45) is 5.11 Å². The highest BCUT2D eigenvalue weighted by molar-refractivity contribution is 9.10. The van der Waals surface area contributed by atoms with Gasteiger partial charge < -0.3 is 4.74 Å². The van der Waals surface area contributed by atoms with E-state index < -0.39 is 5.97 Å². The second kappa shape index (κ2) is 6.56. The topological polar surface area (TPSA) is 75.1 Å². The SMILES string of the molecule is CCOC(=O)C(=Cc1csc2cccc(Br)c12)N=[N+]=[N-]. The van der Waals surface area contributed by atoms with Gasteiger partial charge in [-0.15, -0.1) is 11.3 Å². The lowest BCUT2D eigenvalue weighted by Gasteiger charge is -2.01. The Labute approximate surface area is 127 Å². The van der Waals surface area contributed by atoms with Crippen molar-refractivity contribution in [3.05, 3.63) is 49.8 Å². The predicted octanol–water partition coefficient (Wildman–Crippen LogP) is 4.88. The molecular formula is C13H10BrN3O2S. The minimum absolute atomic E-state index is 0.0511. The third kappa shape index (κ3) is 3.01. The zero-order valence-corrected chi connectivity index (χ0v) is 12.9. The molecule has 1 aromatic heterocycles. The minimum Gasteiger partial charge on any atom is -0.462 e. The van der Waals surface area contributed by atoms with Crippen LogP contribution in [0.5, 0.6) is 0 Å². The van der Waals surface area contributed by atoms with Gasteiger partial charge in [0.2, 0.25) is 0 Å². The van der Waals surface area contributed by atoms with Gasteiger partial charge in [-0.25, -0.2) is 4.79 Å². The lowest BCUT2D eigenvalue weighted by Crippen LogP contribution is -2.05. The second-order valence-corrected chi connectivity index (χ2v) is 5.51. The summed E-state index contributed by atoms with van der Waals surface area (Å²) in [5.74, 6) is -0.628. The van der Waals surface area contributed by atoms with Gasteiger partial charge in [-0.1, -0.05) is 27.1 Å². The van der Waals surface area contributed by atoms with Crippen molar-refractivity contribution in [3.63, 3.8) is 0 Å². The fourth-order valence-corrected chi connectivity index (χ4v) is 3.37. The van der Waals surface area contributed by atoms with Crippen molar-refractivity contribution in [1.29, 1.82) is 0 Å². The van der Waals surface area contributed by atoms with Crippen molar-refractivity contribution >= 4 is 49.4 Å². The van der Waals surface area contributed by atoms with E-state index in [1.54, 1.807) is 24.3 Å². The highest BCUT2D eigenvalue weighted by Crippen LogP contribution is 2.33. The lowest BCUT2D eigenvalue weighted by molar-refractivity contribution is -0.138. The molecule has 102 valence electrons. The van der Waals surface area contributed by atoms with E-state index in [1.807, 2.05) is 23.6 Å². The number of carbonyl (C=O) groups is 1. The Morgan fingerprint density at radius 2 is 2.40 bits per heavy atom. The van der Waals surface area contributed by atoms with Crippen LogP contribution in [0.4, 0.5) is 0 Å². The molecule has 0 unspecified atom stereocenters. The summed E-state index contributed by atoms with van der Waals surface area (Å²) in [6.45, 7) is 1.92. The Hall–Kier alpha value is -1.82. The third-order valence-corrected chi connectivity index (χ3v) is 4.13. The molecule has 0 radical (unpaired) electrons. The van der Waals surface area contributed by atoms with E-state index in [-0.39, 0.29) is 12.3 Å². The highest BCUT2D eigenvalue weighted by atomic mass is 79.9. The van der Waals surface area contributed by atoms with Crippen LogP contribution in [0.1, 0.15) is 12.5 Å². The third-order valence-electron chi connectivity index (χ3n) is 2.51. The van der Waals surface area contributed by atoms with Gasteiger partial charge in [-0.3, -0.25) is 0 Å². The second-order valence-electron chi connectivity index (χ2n) is 3.74. The number of benzene rings is 1. The standard InChI is InChI=1S/C13H10BrN3O2S/c1-2-19-13(18)10(16-17-15)6-8-7-20-11-5-3-4-9(14)12(8)11/h3-7H,2H2,1H3. The molecule has 0 spiro atoms. The molecule has 20 heavy (non-hydrogen) atoms. The molecule has 0 aliphatic carbocycles. The molecule has 0 amide bonds. The summed E-state index contributed by atoms with van der Waals surface area (Å²) in [6.07, 6.45) is 1.54. The van der Waals surface area contributed by atoms with Crippen LogP contribution in [-0.4, -0.2) is 12.6 Å². The van der Waals surface area contributed by atoms with Crippen LogP contribution in [0.3, 0.4) is 0 Å². The first-order valence-electron chi connectivity index (χ1n) is 5.77. The van der Waals surface area contributed by atoms with Crippen molar-refractivity contribution in [3.8, 4) is 0 Å². The van der Waals surface area contributed by atoms with E-state index >= 15 is 0 Å². The molecular weight excluding hydrogens is 342 g/mol. The smallest absolute Gasteiger partial charge is 0.340 e. The fraction of sp³-hybridized carbons (Fsp3) is 0.154. The van der Waals surface area contributed by atoms with E-state index in [2.05, 4.69) is 26.0 Å². The van der Waals surface area contributed by atoms with Crippen LogP contribution in [0.2, 0.25) is 0 Å². The molecule has 0 fully saturated rings. The molecule has 1 heterocycles. The summed E-state index contributed by atoms with van der Waals surface area (Å²) >= 11 is 5.03. The van der Waals surface area contributed by atoms with Crippen LogP contribution < -0.4 is 0 Å². The number of hydrogen-bond acceptors (Lipinski definition) is 4. The monoisotopic (exact) mass is 351 g/mol. The summed E-state index contributed by atoms with van der Waals surface area (Å²) in [7, 11) is 0. The Balaban J connectivity index is 2.54. The van der Waals surface area contributed by atoms with Gasteiger partial charge in [0.15, 0.2) is 0 Å². The van der Waals surface area contributed by atoms with Gasteiger partial charge in [0.05, 0.1) is 6.61 Å². The first kappa shape index (κ1) is 14.6. The number of rotatable bonds is 4. The largest absolute Gasteiger partial charge is 0.462 e. The summed E-state index contributed by atoms with van der Waals surface area (Å²) in [6, 6.07) is 5.85. The maximum absolute atomic E-state index is 11.7. The molecule has 0 N–H and O–H groups in total. The summed E-state index contributed by atoms with van der Waals surface area (Å²) in [5, 5.41) is 6.29. The zero-order valence-electron chi connectivity index (χ0n) is 10.5. The van der Waals surface area contributed by atoms with E-state index in [4.69, 9.17) is 10.3 Å². The lowest BCUT2D eigenvalue weighted by atomic mass is 10.1. The number of fused-ring (bicyclic) bond motifs is 1. The number of thiophene rings is 1. The molecule has 2 rings (SSSR count). The molecule has 0 bridgehead atoms. The Kier molecular flexibility index (Phi) is 4.79. The number of ether oxygens (including phenoxy) is 1. The van der Waals surface area contributed by atoms with Crippen molar-refractivity contribution in [2.75, 3.05) is 6.61 Å². The average molecular weight is 352 g/mol. The van der Waals surface area contributed by atoms with Gasteiger partial charge in [-0.05, 0) is 41.6 Å². The normalized spacial score (nSPS) is 11.2. The van der Waals surface area contributed by atoms with Gasteiger partial charge >= 0.3 is 5.97 Å². The molecule has 5 nitrogen and oxygen atoms in total. The van der Waals surface area contributed by atoms with E-state index in [0.29, 0.717) is 0 Å². The first-order chi connectivity index (χ1) is 9.67. The number of hydrogen-bond donors (Lipinski definition) is 0. The van der Waals surface area contributed by atoms with E-state index in [9.17, 15) is 4.79 Å². The molecule has 0 aliphatic rings. The molecule has 0 saturated heterocycles. The fourth-order valence-electron chi connectivity index (χ4n) is 1.70. The highest BCUT2D eigenvalue weighted by Gasteiger charge is 2.11. The number of carbonyl (C=O) groups excluding carboxylic acids is 1. The molecule has 0 atom stereocenters. The Bertz CT molecular complexity index is 732. The molecule has 1 aromatic carbocycles. The van der Waals surface area contributed by atoms with Crippen molar-refractivity contribution < 1.29 is 9.53 Å². The van der Waals surface area contributed by atoms with Gasteiger partial charge in [0.1, 0.15) is 5.70 Å². The quantitative estimate of drug-likeness (QED) is 0.259. The molecule has 0 aliphatic heterocycles. The summed E-state index contributed by atoms with van der Waals surface area (Å²) in [5.41, 5.74) is 9.32. The van der Waals surface area contributed by atoms with Gasteiger partial charge in [-0.2, -0.15) is 0 Å². The van der Waals surface area contributed by atoms with Crippen LogP contribution in [0.15, 0.2) is 38.9 Å². The maximum Gasteiger partial charge on any atom is 0.340 e. The van der Waals surface area contributed by atoms with Crippen LogP contribution in [0, 0.1) is 0 Å². The molecule has 7 heteroatoms. The van der Waals surface area contributed by atoms with Gasteiger partial charge in [0.25, 0.3) is 0 Å². The molecule has 2 aromatic rings. The summed E-state index contributed by atoms with van der Waals surface area (Å²) < 4.78 is 6.87. The number of nitrogens with zero attached hydrogens (tertiary/aromatic N) is 3. The zero-order chi connectivity index (χ0) is 14.5. The average Bonchev–Trinajstić information content (AvgIpc) is 2.83. The Morgan fingerprint density at radius 3 is 3.10 bits per heavy atom. The Morgan fingerprint density at radius 1 is 1.60 bits per heavy atom. The van der Waals surface area contributed by atoms with E-state index in [0.717, 1.165) is 20.1 Å². The van der Waals surface area contributed by atoms with Crippen molar-refractivity contribution in [1.82, 2.24) is 0 Å². The first-order valence-corrected chi connectivity index (χ1v) is 7.44. The van der Waals surface area contributed by atoms with E-state index in [1.165, 1.54) is 0 Å². The number of halogens is 1.